The molecule has 2 saturated heterocycles. The molecule has 5 heteroatoms. The zero-order valence-corrected chi connectivity index (χ0v) is 14.0. The van der Waals surface area contributed by atoms with E-state index in [1.165, 1.54) is 0 Å². The van der Waals surface area contributed by atoms with Crippen LogP contribution in [0.4, 0.5) is 4.79 Å². The van der Waals surface area contributed by atoms with Crippen LogP contribution < -0.4 is 5.32 Å². The number of amides is 1. The second-order valence-electron chi connectivity index (χ2n) is 8.50. The molecule has 21 heavy (non-hydrogen) atoms. The Kier molecular flexibility index (Phi) is 4.28. The van der Waals surface area contributed by atoms with Crippen LogP contribution in [0.3, 0.4) is 0 Å². The third-order valence-corrected chi connectivity index (χ3v) is 4.35. The number of carbonyl (C=O) groups is 1. The van der Waals surface area contributed by atoms with Crippen LogP contribution in [0.15, 0.2) is 0 Å². The molecule has 0 saturated carbocycles. The van der Waals surface area contributed by atoms with E-state index in [-0.39, 0.29) is 17.6 Å². The molecule has 0 spiro atoms. The maximum Gasteiger partial charge on any atom is 0.410 e. The van der Waals surface area contributed by atoms with Crippen LogP contribution in [0, 0.1) is 5.41 Å². The Balaban J connectivity index is 2.08. The lowest BCUT2D eigenvalue weighted by Gasteiger charge is -2.48. The SMILES string of the molecule is CC1(C)CCC(CC2(O)CNC2)N(C(=O)OC(C)(C)C)C1. The molecule has 2 aliphatic rings. The van der Waals surface area contributed by atoms with Gasteiger partial charge in [-0.05, 0) is 45.4 Å². The van der Waals surface area contributed by atoms with Crippen molar-refractivity contribution in [2.45, 2.75) is 71.1 Å². The van der Waals surface area contributed by atoms with Crippen LogP contribution in [0.25, 0.3) is 0 Å². The smallest absolute Gasteiger partial charge is 0.410 e. The molecule has 2 fully saturated rings. The maximum atomic E-state index is 12.5. The molecular weight excluding hydrogens is 268 g/mol. The largest absolute Gasteiger partial charge is 0.444 e. The Morgan fingerprint density at radius 2 is 2.00 bits per heavy atom. The van der Waals surface area contributed by atoms with Gasteiger partial charge >= 0.3 is 6.09 Å². The van der Waals surface area contributed by atoms with Crippen molar-refractivity contribution in [2.24, 2.45) is 5.41 Å². The predicted molar refractivity (Wildman–Crippen MR) is 82.2 cm³/mol. The number of aliphatic hydroxyl groups is 1. The monoisotopic (exact) mass is 298 g/mol. The molecule has 2 aliphatic heterocycles. The summed E-state index contributed by atoms with van der Waals surface area (Å²) >= 11 is 0. The van der Waals surface area contributed by atoms with E-state index in [0.29, 0.717) is 26.1 Å². The number of nitrogens with one attached hydrogen (secondary N) is 1. The van der Waals surface area contributed by atoms with Gasteiger partial charge in [0.15, 0.2) is 0 Å². The number of carbonyl (C=O) groups excluding carboxylic acids is 1. The van der Waals surface area contributed by atoms with Crippen molar-refractivity contribution in [2.75, 3.05) is 19.6 Å². The van der Waals surface area contributed by atoms with Crippen LogP contribution in [0.5, 0.6) is 0 Å². The zero-order chi connectivity index (χ0) is 15.9. The van der Waals surface area contributed by atoms with Crippen molar-refractivity contribution in [3.63, 3.8) is 0 Å². The van der Waals surface area contributed by atoms with Gasteiger partial charge in [0.1, 0.15) is 5.60 Å². The summed E-state index contributed by atoms with van der Waals surface area (Å²) in [6.07, 6.45) is 2.38. The van der Waals surface area contributed by atoms with Gasteiger partial charge in [0.25, 0.3) is 0 Å². The van der Waals surface area contributed by atoms with Gasteiger partial charge in [-0.15, -0.1) is 0 Å². The Labute approximate surface area is 128 Å². The molecule has 0 aromatic heterocycles. The van der Waals surface area contributed by atoms with E-state index in [0.717, 1.165) is 12.8 Å². The number of hydrogen-bond acceptors (Lipinski definition) is 4. The van der Waals surface area contributed by atoms with Gasteiger partial charge in [-0.1, -0.05) is 13.8 Å². The highest BCUT2D eigenvalue weighted by molar-refractivity contribution is 5.68. The molecule has 2 rings (SSSR count). The highest BCUT2D eigenvalue weighted by Crippen LogP contribution is 2.36. The predicted octanol–water partition coefficient (Wildman–Crippen LogP) is 2.14. The van der Waals surface area contributed by atoms with Crippen molar-refractivity contribution in [3.8, 4) is 0 Å². The number of β-amino-alcohol motifs (C(OH)–C–C–N with tert-alkyl or cyclic N) is 1. The summed E-state index contributed by atoms with van der Waals surface area (Å²) in [5.74, 6) is 0. The number of rotatable bonds is 2. The summed E-state index contributed by atoms with van der Waals surface area (Å²) in [5, 5.41) is 13.5. The third-order valence-electron chi connectivity index (χ3n) is 4.35. The van der Waals surface area contributed by atoms with E-state index in [1.807, 2.05) is 25.7 Å². The number of ether oxygens (including phenoxy) is 1. The lowest BCUT2D eigenvalue weighted by molar-refractivity contribution is -0.0593. The number of nitrogens with zero attached hydrogens (tertiary/aromatic N) is 1. The van der Waals surface area contributed by atoms with Gasteiger partial charge in [-0.2, -0.15) is 0 Å². The van der Waals surface area contributed by atoms with Gasteiger partial charge in [-0.25, -0.2) is 4.79 Å². The first kappa shape index (κ1) is 16.6. The van der Waals surface area contributed by atoms with E-state index < -0.39 is 11.2 Å². The summed E-state index contributed by atoms with van der Waals surface area (Å²) < 4.78 is 5.56. The maximum absolute atomic E-state index is 12.5. The molecular formula is C16H30N2O3. The molecule has 2 heterocycles. The average Bonchev–Trinajstić information content (AvgIpc) is 2.27. The van der Waals surface area contributed by atoms with E-state index >= 15 is 0 Å². The van der Waals surface area contributed by atoms with Gasteiger partial charge in [0.2, 0.25) is 0 Å². The van der Waals surface area contributed by atoms with Crippen LogP contribution in [0.2, 0.25) is 0 Å². The molecule has 0 aromatic rings. The minimum absolute atomic E-state index is 0.0694. The van der Waals surface area contributed by atoms with Gasteiger partial charge < -0.3 is 20.1 Å². The third kappa shape index (κ3) is 4.33. The fourth-order valence-electron chi connectivity index (χ4n) is 3.13. The van der Waals surface area contributed by atoms with Crippen molar-refractivity contribution in [1.29, 1.82) is 0 Å². The second kappa shape index (κ2) is 5.43. The fourth-order valence-corrected chi connectivity index (χ4v) is 3.13. The molecule has 0 radical (unpaired) electrons. The highest BCUT2D eigenvalue weighted by Gasteiger charge is 2.43. The highest BCUT2D eigenvalue weighted by atomic mass is 16.6. The molecule has 1 unspecified atom stereocenters. The lowest BCUT2D eigenvalue weighted by Crippen LogP contribution is -2.63. The molecule has 0 aliphatic carbocycles. The number of piperidine rings is 1. The van der Waals surface area contributed by atoms with Crippen molar-refractivity contribution < 1.29 is 14.6 Å². The first-order chi connectivity index (χ1) is 9.50. The Hall–Kier alpha value is -0.810. The normalized spacial score (nSPS) is 27.9. The topological polar surface area (TPSA) is 61.8 Å². The Bertz CT molecular complexity index is 397. The van der Waals surface area contributed by atoms with E-state index in [1.54, 1.807) is 0 Å². The van der Waals surface area contributed by atoms with Gasteiger partial charge in [-0.3, -0.25) is 0 Å². The van der Waals surface area contributed by atoms with Crippen LogP contribution >= 0.6 is 0 Å². The van der Waals surface area contributed by atoms with E-state index in [9.17, 15) is 9.90 Å². The van der Waals surface area contributed by atoms with Crippen molar-refractivity contribution >= 4 is 6.09 Å². The second-order valence-corrected chi connectivity index (χ2v) is 8.50. The first-order valence-corrected chi connectivity index (χ1v) is 7.93. The minimum atomic E-state index is -0.660. The number of hydrogen-bond donors (Lipinski definition) is 2. The molecule has 0 aromatic carbocycles. The minimum Gasteiger partial charge on any atom is -0.444 e. The Morgan fingerprint density at radius 1 is 1.38 bits per heavy atom. The molecule has 1 amide bonds. The van der Waals surface area contributed by atoms with Crippen molar-refractivity contribution in [3.05, 3.63) is 0 Å². The zero-order valence-electron chi connectivity index (χ0n) is 14.0. The number of likely N-dealkylation sites (tertiary alicyclic amines) is 1. The summed E-state index contributed by atoms with van der Waals surface area (Å²) in [6.45, 7) is 12.0. The standard InChI is InChI=1S/C16H30N2O3/c1-14(2,3)21-13(19)18-11-15(4,5)7-6-12(18)8-16(20)9-17-10-16/h12,17,20H,6-11H2,1-5H3. The lowest BCUT2D eigenvalue weighted by atomic mass is 9.77. The van der Waals surface area contributed by atoms with Crippen LogP contribution in [-0.2, 0) is 4.74 Å². The Morgan fingerprint density at radius 3 is 2.48 bits per heavy atom. The summed E-state index contributed by atoms with van der Waals surface area (Å²) in [5.41, 5.74) is -1.04. The molecule has 2 N–H and O–H groups in total. The van der Waals surface area contributed by atoms with Gasteiger partial charge in [0, 0.05) is 25.7 Å². The average molecular weight is 298 g/mol. The quantitative estimate of drug-likeness (QED) is 0.820. The van der Waals surface area contributed by atoms with Crippen LogP contribution in [-0.4, -0.2) is 53.0 Å². The van der Waals surface area contributed by atoms with Crippen molar-refractivity contribution in [1.82, 2.24) is 10.2 Å². The van der Waals surface area contributed by atoms with E-state index in [2.05, 4.69) is 19.2 Å². The summed E-state index contributed by atoms with van der Waals surface area (Å²) in [6, 6.07) is 0.0694. The fraction of sp³-hybridized carbons (Fsp3) is 0.938. The molecule has 1 atom stereocenters. The van der Waals surface area contributed by atoms with Gasteiger partial charge in [0.05, 0.1) is 5.60 Å². The van der Waals surface area contributed by atoms with E-state index in [4.69, 9.17) is 4.74 Å². The molecule has 122 valence electrons. The van der Waals surface area contributed by atoms with Crippen LogP contribution in [0.1, 0.15) is 53.9 Å². The summed E-state index contributed by atoms with van der Waals surface area (Å²) in [4.78, 5) is 14.3. The summed E-state index contributed by atoms with van der Waals surface area (Å²) in [7, 11) is 0. The molecule has 0 bridgehead atoms. The molecule has 5 nitrogen and oxygen atoms in total. The first-order valence-electron chi connectivity index (χ1n) is 7.93.